The maximum atomic E-state index is 5.88. The summed E-state index contributed by atoms with van der Waals surface area (Å²) in [6.07, 6.45) is 3.17. The zero-order valence-corrected chi connectivity index (χ0v) is 15.1. The molecular weight excluding hydrogens is 304 g/mol. The summed E-state index contributed by atoms with van der Waals surface area (Å²) in [5.74, 6) is 1.59. The lowest BCUT2D eigenvalue weighted by Crippen LogP contribution is -2.47. The quantitative estimate of drug-likeness (QED) is 0.791. The van der Waals surface area contributed by atoms with Crippen molar-refractivity contribution >= 4 is 0 Å². The van der Waals surface area contributed by atoms with Crippen molar-refractivity contribution in [3.05, 3.63) is 23.8 Å². The van der Waals surface area contributed by atoms with Crippen LogP contribution in [0.2, 0.25) is 0 Å². The van der Waals surface area contributed by atoms with E-state index in [1.807, 2.05) is 26.0 Å². The van der Waals surface area contributed by atoms with Gasteiger partial charge in [-0.2, -0.15) is 0 Å². The minimum absolute atomic E-state index is 0.140. The number of methoxy groups -OCH3 is 1. The molecular formula is C19H30N2O3. The summed E-state index contributed by atoms with van der Waals surface area (Å²) in [5.41, 5.74) is 1.19. The lowest BCUT2D eigenvalue weighted by Gasteiger charge is -2.33. The molecule has 1 unspecified atom stereocenters. The van der Waals surface area contributed by atoms with Gasteiger partial charge in [0.15, 0.2) is 11.5 Å². The van der Waals surface area contributed by atoms with Gasteiger partial charge in [-0.05, 0) is 44.4 Å². The first-order valence-electron chi connectivity index (χ1n) is 9.05. The minimum Gasteiger partial charge on any atom is -0.493 e. The van der Waals surface area contributed by atoms with Crippen LogP contribution in [0.3, 0.4) is 0 Å². The van der Waals surface area contributed by atoms with Crippen molar-refractivity contribution in [3.63, 3.8) is 0 Å². The van der Waals surface area contributed by atoms with E-state index in [2.05, 4.69) is 16.3 Å². The first-order chi connectivity index (χ1) is 11.7. The molecule has 1 heterocycles. The van der Waals surface area contributed by atoms with Crippen LogP contribution in [0.4, 0.5) is 0 Å². The average Bonchev–Trinajstić information content (AvgIpc) is 3.41. The fourth-order valence-electron chi connectivity index (χ4n) is 3.19. The summed E-state index contributed by atoms with van der Waals surface area (Å²) in [6, 6.07) is 6.95. The molecule has 0 bridgehead atoms. The van der Waals surface area contributed by atoms with Crippen molar-refractivity contribution in [1.82, 2.24) is 10.2 Å². The third kappa shape index (κ3) is 4.85. The highest BCUT2D eigenvalue weighted by Crippen LogP contribution is 2.29. The van der Waals surface area contributed by atoms with Gasteiger partial charge in [0.25, 0.3) is 0 Å². The Bertz CT molecular complexity index is 531. The van der Waals surface area contributed by atoms with E-state index in [0.29, 0.717) is 6.10 Å². The normalized spacial score (nSPS) is 21.9. The molecule has 1 N–H and O–H groups in total. The number of hydrogen-bond donors (Lipinski definition) is 1. The molecule has 134 valence electrons. The summed E-state index contributed by atoms with van der Waals surface area (Å²) in [6.45, 7) is 8.74. The van der Waals surface area contributed by atoms with Gasteiger partial charge in [0.2, 0.25) is 0 Å². The van der Waals surface area contributed by atoms with Crippen LogP contribution in [0, 0.1) is 0 Å². The lowest BCUT2D eigenvalue weighted by molar-refractivity contribution is -0.0301. The van der Waals surface area contributed by atoms with E-state index in [0.717, 1.165) is 50.3 Å². The van der Waals surface area contributed by atoms with Gasteiger partial charge in [0, 0.05) is 32.2 Å². The van der Waals surface area contributed by atoms with Gasteiger partial charge in [-0.15, -0.1) is 0 Å². The molecule has 1 aliphatic heterocycles. The van der Waals surface area contributed by atoms with Gasteiger partial charge in [-0.1, -0.05) is 6.07 Å². The Morgan fingerprint density at radius 2 is 2.12 bits per heavy atom. The second-order valence-electron chi connectivity index (χ2n) is 7.00. The third-order valence-corrected chi connectivity index (χ3v) is 4.53. The van der Waals surface area contributed by atoms with E-state index in [1.165, 1.54) is 18.4 Å². The first-order valence-corrected chi connectivity index (χ1v) is 9.05. The molecule has 5 nitrogen and oxygen atoms in total. The van der Waals surface area contributed by atoms with Crippen LogP contribution < -0.4 is 14.8 Å². The molecule has 0 spiro atoms. The van der Waals surface area contributed by atoms with Crippen LogP contribution in [0.1, 0.15) is 32.3 Å². The van der Waals surface area contributed by atoms with Crippen LogP contribution in [0.5, 0.6) is 11.5 Å². The molecule has 3 rings (SSSR count). The molecule has 1 atom stereocenters. The Labute approximate surface area is 145 Å². The highest BCUT2D eigenvalue weighted by Gasteiger charge is 2.32. The molecule has 24 heavy (non-hydrogen) atoms. The second kappa shape index (κ2) is 8.19. The lowest BCUT2D eigenvalue weighted by atomic mass is 10.2. The maximum absolute atomic E-state index is 5.88. The summed E-state index contributed by atoms with van der Waals surface area (Å²) in [7, 11) is 1.68. The van der Waals surface area contributed by atoms with Crippen LogP contribution in [-0.4, -0.2) is 56.5 Å². The fourth-order valence-corrected chi connectivity index (χ4v) is 3.19. The minimum atomic E-state index is 0.140. The van der Waals surface area contributed by atoms with Crippen molar-refractivity contribution in [2.24, 2.45) is 0 Å². The predicted octanol–water partition coefficient (Wildman–Crippen LogP) is 2.44. The number of nitrogens with zero attached hydrogens (tertiary/aromatic N) is 1. The topological polar surface area (TPSA) is 43.0 Å². The molecule has 0 radical (unpaired) electrons. The summed E-state index contributed by atoms with van der Waals surface area (Å²) in [5, 5.41) is 3.51. The second-order valence-corrected chi connectivity index (χ2v) is 7.00. The molecule has 2 aliphatic rings. The van der Waals surface area contributed by atoms with E-state index in [9.17, 15) is 0 Å². The number of hydrogen-bond acceptors (Lipinski definition) is 5. The van der Waals surface area contributed by atoms with E-state index in [4.69, 9.17) is 14.2 Å². The first kappa shape index (κ1) is 17.5. The van der Waals surface area contributed by atoms with E-state index in [-0.39, 0.29) is 6.10 Å². The maximum Gasteiger partial charge on any atom is 0.161 e. The molecule has 5 heteroatoms. The predicted molar refractivity (Wildman–Crippen MR) is 94.8 cm³/mol. The number of morpholine rings is 1. The van der Waals surface area contributed by atoms with E-state index >= 15 is 0 Å². The highest BCUT2D eigenvalue weighted by atomic mass is 16.5. The van der Waals surface area contributed by atoms with Gasteiger partial charge in [0.05, 0.1) is 25.9 Å². The van der Waals surface area contributed by atoms with Crippen LogP contribution >= 0.6 is 0 Å². The molecule has 2 fully saturated rings. The van der Waals surface area contributed by atoms with Gasteiger partial charge < -0.3 is 19.5 Å². The Kier molecular flexibility index (Phi) is 5.98. The largest absolute Gasteiger partial charge is 0.493 e. The molecule has 0 aromatic heterocycles. The Balaban J connectivity index is 1.47. The van der Waals surface area contributed by atoms with Crippen molar-refractivity contribution < 1.29 is 14.2 Å². The number of nitrogens with one attached hydrogen (secondary N) is 1. The van der Waals surface area contributed by atoms with Crippen LogP contribution in [0.25, 0.3) is 0 Å². The van der Waals surface area contributed by atoms with Gasteiger partial charge in [0.1, 0.15) is 0 Å². The number of rotatable bonds is 8. The Morgan fingerprint density at radius 3 is 2.83 bits per heavy atom. The van der Waals surface area contributed by atoms with Crippen molar-refractivity contribution in [3.8, 4) is 11.5 Å². The summed E-state index contributed by atoms with van der Waals surface area (Å²) in [4.78, 5) is 2.58. The highest BCUT2D eigenvalue weighted by molar-refractivity contribution is 5.43. The zero-order valence-electron chi connectivity index (χ0n) is 15.1. The zero-order chi connectivity index (χ0) is 16.9. The summed E-state index contributed by atoms with van der Waals surface area (Å²) < 4.78 is 17.1. The molecule has 0 amide bonds. The molecule has 1 aromatic rings. The van der Waals surface area contributed by atoms with Crippen molar-refractivity contribution in [1.29, 1.82) is 0 Å². The average molecular weight is 334 g/mol. The third-order valence-electron chi connectivity index (χ3n) is 4.53. The van der Waals surface area contributed by atoms with Crippen molar-refractivity contribution in [2.75, 3.05) is 33.4 Å². The summed E-state index contributed by atoms with van der Waals surface area (Å²) >= 11 is 0. The SMILES string of the molecule is COc1cc(CNCC2CN(C3CC3)CCO2)ccc1OC(C)C. The fraction of sp³-hybridized carbons (Fsp3) is 0.684. The Morgan fingerprint density at radius 1 is 1.29 bits per heavy atom. The Hall–Kier alpha value is -1.30. The standard InChI is InChI=1S/C19H30N2O3/c1-14(2)24-18-7-4-15(10-19(18)22-3)11-20-12-17-13-21(8-9-23-17)16-5-6-16/h4,7,10,14,16-17,20H,5-6,8-9,11-13H2,1-3H3. The van der Waals surface area contributed by atoms with Gasteiger partial charge >= 0.3 is 0 Å². The van der Waals surface area contributed by atoms with Gasteiger partial charge in [-0.3, -0.25) is 4.90 Å². The monoisotopic (exact) mass is 334 g/mol. The molecule has 1 aromatic carbocycles. The number of benzene rings is 1. The van der Waals surface area contributed by atoms with Crippen LogP contribution in [0.15, 0.2) is 18.2 Å². The molecule has 1 saturated carbocycles. The van der Waals surface area contributed by atoms with Gasteiger partial charge in [-0.25, -0.2) is 0 Å². The smallest absolute Gasteiger partial charge is 0.161 e. The molecule has 1 saturated heterocycles. The van der Waals surface area contributed by atoms with Crippen LogP contribution in [-0.2, 0) is 11.3 Å². The number of ether oxygens (including phenoxy) is 3. The molecule has 1 aliphatic carbocycles. The van der Waals surface area contributed by atoms with E-state index in [1.54, 1.807) is 7.11 Å². The van der Waals surface area contributed by atoms with Crippen molar-refractivity contribution in [2.45, 2.75) is 51.5 Å². The van der Waals surface area contributed by atoms with E-state index < -0.39 is 0 Å².